The Morgan fingerprint density at radius 2 is 1.79 bits per heavy atom. The monoisotopic (exact) mass is 194 g/mol. The van der Waals surface area contributed by atoms with Crippen molar-refractivity contribution in [1.29, 1.82) is 0 Å². The Kier molecular flexibility index (Phi) is 4.11. The van der Waals surface area contributed by atoms with E-state index < -0.39 is 0 Å². The van der Waals surface area contributed by atoms with Crippen LogP contribution in [0.25, 0.3) is 0 Å². The summed E-state index contributed by atoms with van der Waals surface area (Å²) in [6, 6.07) is 10.5. The van der Waals surface area contributed by atoms with Crippen LogP contribution in [0.15, 0.2) is 30.3 Å². The van der Waals surface area contributed by atoms with Gasteiger partial charge in [0.25, 0.3) is 0 Å². The minimum atomic E-state index is 0.769. The molecule has 0 fully saturated rings. The summed E-state index contributed by atoms with van der Waals surface area (Å²) in [6.07, 6.45) is 0. The van der Waals surface area contributed by atoms with E-state index in [0.717, 1.165) is 24.4 Å². The lowest BCUT2D eigenvalue weighted by Crippen LogP contribution is -2.40. The SMILES string of the molecule is CCOC[N+](C)(C)Cc1ccccc1. The molecule has 0 aliphatic rings. The van der Waals surface area contributed by atoms with Crippen LogP contribution < -0.4 is 0 Å². The fourth-order valence-electron chi connectivity index (χ4n) is 1.46. The molecule has 0 unspecified atom stereocenters. The van der Waals surface area contributed by atoms with Crippen molar-refractivity contribution in [3.05, 3.63) is 35.9 Å². The highest BCUT2D eigenvalue weighted by Crippen LogP contribution is 2.08. The van der Waals surface area contributed by atoms with Gasteiger partial charge in [0.05, 0.1) is 14.1 Å². The number of benzene rings is 1. The van der Waals surface area contributed by atoms with E-state index in [-0.39, 0.29) is 0 Å². The lowest BCUT2D eigenvalue weighted by Gasteiger charge is -2.29. The molecule has 0 N–H and O–H groups in total. The van der Waals surface area contributed by atoms with Gasteiger partial charge in [-0.25, -0.2) is 0 Å². The molecule has 0 aliphatic carbocycles. The van der Waals surface area contributed by atoms with Crippen LogP contribution in [0.3, 0.4) is 0 Å². The van der Waals surface area contributed by atoms with Gasteiger partial charge in [0.1, 0.15) is 6.54 Å². The molecule has 0 amide bonds. The molecule has 0 heterocycles. The van der Waals surface area contributed by atoms with Gasteiger partial charge in [-0.3, -0.25) is 0 Å². The zero-order chi connectivity index (χ0) is 10.4. The topological polar surface area (TPSA) is 9.23 Å². The summed E-state index contributed by atoms with van der Waals surface area (Å²) < 4.78 is 6.32. The second-order valence-corrected chi connectivity index (χ2v) is 4.20. The molecular weight excluding hydrogens is 174 g/mol. The average molecular weight is 194 g/mol. The molecule has 0 aliphatic heterocycles. The zero-order valence-electron chi connectivity index (χ0n) is 9.36. The first-order valence-electron chi connectivity index (χ1n) is 5.08. The number of ether oxygens (including phenoxy) is 1. The average Bonchev–Trinajstić information content (AvgIpc) is 2.16. The summed E-state index contributed by atoms with van der Waals surface area (Å²) in [7, 11) is 4.37. The van der Waals surface area contributed by atoms with Gasteiger partial charge in [-0.1, -0.05) is 30.3 Å². The number of nitrogens with zero attached hydrogens (tertiary/aromatic N) is 1. The van der Waals surface area contributed by atoms with Crippen LogP contribution in [0, 0.1) is 0 Å². The largest absolute Gasteiger partial charge is 0.332 e. The first-order valence-corrected chi connectivity index (χ1v) is 5.08. The van der Waals surface area contributed by atoms with Crippen LogP contribution in [-0.2, 0) is 11.3 Å². The van der Waals surface area contributed by atoms with Crippen LogP contribution in [0.5, 0.6) is 0 Å². The van der Waals surface area contributed by atoms with Crippen LogP contribution in [0.4, 0.5) is 0 Å². The van der Waals surface area contributed by atoms with Crippen LogP contribution in [0.2, 0.25) is 0 Å². The van der Waals surface area contributed by atoms with E-state index in [9.17, 15) is 0 Å². The van der Waals surface area contributed by atoms with Crippen molar-refractivity contribution in [2.24, 2.45) is 0 Å². The van der Waals surface area contributed by atoms with Crippen molar-refractivity contribution in [2.45, 2.75) is 13.5 Å². The molecule has 1 rings (SSSR count). The van der Waals surface area contributed by atoms with Gasteiger partial charge >= 0.3 is 0 Å². The van der Waals surface area contributed by atoms with Crippen molar-refractivity contribution in [3.8, 4) is 0 Å². The molecule has 0 spiro atoms. The zero-order valence-corrected chi connectivity index (χ0v) is 9.36. The third kappa shape index (κ3) is 3.90. The molecule has 0 saturated carbocycles. The van der Waals surface area contributed by atoms with Crippen molar-refractivity contribution in [2.75, 3.05) is 27.4 Å². The Balaban J connectivity index is 2.50. The maximum Gasteiger partial charge on any atom is 0.182 e. The van der Waals surface area contributed by atoms with E-state index in [2.05, 4.69) is 38.4 Å². The van der Waals surface area contributed by atoms with Crippen LogP contribution >= 0.6 is 0 Å². The molecule has 2 nitrogen and oxygen atoms in total. The minimum absolute atomic E-state index is 0.769. The van der Waals surface area contributed by atoms with Gasteiger partial charge in [-0.2, -0.15) is 0 Å². The Hall–Kier alpha value is -0.860. The first kappa shape index (κ1) is 11.2. The minimum Gasteiger partial charge on any atom is -0.332 e. The highest BCUT2D eigenvalue weighted by molar-refractivity contribution is 5.13. The second-order valence-electron chi connectivity index (χ2n) is 4.20. The predicted octanol–water partition coefficient (Wildman–Crippen LogP) is 2.26. The summed E-state index contributed by atoms with van der Waals surface area (Å²) in [4.78, 5) is 0. The summed E-state index contributed by atoms with van der Waals surface area (Å²) >= 11 is 0. The lowest BCUT2D eigenvalue weighted by atomic mass is 10.2. The van der Waals surface area contributed by atoms with Crippen LogP contribution in [-0.4, -0.2) is 31.9 Å². The molecule has 0 aromatic heterocycles. The Morgan fingerprint density at radius 1 is 1.14 bits per heavy atom. The molecule has 0 radical (unpaired) electrons. The fourth-order valence-corrected chi connectivity index (χ4v) is 1.46. The molecule has 0 saturated heterocycles. The van der Waals surface area contributed by atoms with E-state index in [1.165, 1.54) is 5.56 Å². The molecule has 1 aromatic carbocycles. The quantitative estimate of drug-likeness (QED) is 0.516. The highest BCUT2D eigenvalue weighted by atomic mass is 16.5. The van der Waals surface area contributed by atoms with E-state index >= 15 is 0 Å². The lowest BCUT2D eigenvalue weighted by molar-refractivity contribution is -0.922. The third-order valence-corrected chi connectivity index (χ3v) is 2.10. The number of rotatable bonds is 5. The van der Waals surface area contributed by atoms with Gasteiger partial charge in [-0.15, -0.1) is 0 Å². The molecule has 0 atom stereocenters. The highest BCUT2D eigenvalue weighted by Gasteiger charge is 2.14. The van der Waals surface area contributed by atoms with E-state index in [4.69, 9.17) is 4.74 Å². The Morgan fingerprint density at radius 3 is 2.36 bits per heavy atom. The summed E-state index contributed by atoms with van der Waals surface area (Å²) in [6.45, 7) is 4.60. The number of quaternary nitrogens is 1. The van der Waals surface area contributed by atoms with Gasteiger partial charge in [0.2, 0.25) is 0 Å². The van der Waals surface area contributed by atoms with Crippen LogP contribution in [0.1, 0.15) is 12.5 Å². The maximum atomic E-state index is 5.44. The molecule has 0 bridgehead atoms. The molecule has 1 aromatic rings. The summed E-state index contributed by atoms with van der Waals surface area (Å²) in [5.74, 6) is 0. The first-order chi connectivity index (χ1) is 6.64. The predicted molar refractivity (Wildman–Crippen MR) is 58.7 cm³/mol. The van der Waals surface area contributed by atoms with Gasteiger partial charge < -0.3 is 9.22 Å². The third-order valence-electron chi connectivity index (χ3n) is 2.10. The van der Waals surface area contributed by atoms with Crippen molar-refractivity contribution in [1.82, 2.24) is 0 Å². The van der Waals surface area contributed by atoms with E-state index in [1.54, 1.807) is 0 Å². The van der Waals surface area contributed by atoms with Crippen molar-refractivity contribution in [3.63, 3.8) is 0 Å². The summed E-state index contributed by atoms with van der Waals surface area (Å²) in [5, 5.41) is 0. The second kappa shape index (κ2) is 5.13. The normalized spacial score (nSPS) is 11.6. The Bertz CT molecular complexity index is 256. The fraction of sp³-hybridized carbons (Fsp3) is 0.500. The Labute approximate surface area is 86.7 Å². The molecule has 78 valence electrons. The standard InChI is InChI=1S/C12H20NO/c1-4-14-11-13(2,3)10-12-8-6-5-7-9-12/h5-9H,4,10-11H2,1-3H3/q+1. The molecular formula is C12H20NO+. The van der Waals surface area contributed by atoms with Crippen molar-refractivity contribution >= 4 is 0 Å². The summed E-state index contributed by atoms with van der Waals surface area (Å²) in [5.41, 5.74) is 1.36. The van der Waals surface area contributed by atoms with Crippen molar-refractivity contribution < 1.29 is 9.22 Å². The van der Waals surface area contributed by atoms with E-state index in [1.807, 2.05) is 13.0 Å². The molecule has 14 heavy (non-hydrogen) atoms. The maximum absolute atomic E-state index is 5.44. The van der Waals surface area contributed by atoms with Gasteiger partial charge in [-0.05, 0) is 6.92 Å². The van der Waals surface area contributed by atoms with Gasteiger partial charge in [0.15, 0.2) is 6.73 Å². The number of hydrogen-bond donors (Lipinski definition) is 0. The smallest absolute Gasteiger partial charge is 0.182 e. The van der Waals surface area contributed by atoms with Gasteiger partial charge in [0, 0.05) is 12.2 Å². The van der Waals surface area contributed by atoms with E-state index in [0.29, 0.717) is 0 Å². The number of hydrogen-bond acceptors (Lipinski definition) is 1. The molecule has 2 heteroatoms.